The molecule has 8 heteroatoms. The summed E-state index contributed by atoms with van der Waals surface area (Å²) in [6, 6.07) is 0. The van der Waals surface area contributed by atoms with Crippen molar-refractivity contribution in [2.75, 3.05) is 13.7 Å². The van der Waals surface area contributed by atoms with E-state index in [2.05, 4.69) is 4.98 Å². The van der Waals surface area contributed by atoms with E-state index >= 15 is 0 Å². The second kappa shape index (κ2) is 6.28. The number of methoxy groups -OCH3 is 1. The molecule has 2 N–H and O–H groups in total. The molecule has 0 aromatic carbocycles. The van der Waals surface area contributed by atoms with Crippen LogP contribution in [-0.4, -0.2) is 50.6 Å². The first-order valence-electron chi connectivity index (χ1n) is 5.06. The van der Waals surface area contributed by atoms with Crippen LogP contribution in [0.3, 0.4) is 0 Å². The van der Waals surface area contributed by atoms with E-state index in [9.17, 15) is 15.2 Å². The third kappa shape index (κ3) is 3.77. The smallest absolute Gasteiger partial charge is 0.381 e. The van der Waals surface area contributed by atoms with Crippen molar-refractivity contribution in [2.24, 2.45) is 0 Å². The van der Waals surface area contributed by atoms with Gasteiger partial charge in [-0.1, -0.05) is 0 Å². The van der Waals surface area contributed by atoms with Crippen molar-refractivity contribution in [1.29, 1.82) is 0 Å². The Hall–Kier alpha value is -1.51. The van der Waals surface area contributed by atoms with Crippen LogP contribution in [0, 0.1) is 10.1 Å². The van der Waals surface area contributed by atoms with Gasteiger partial charge in [0.05, 0.1) is 12.7 Å². The number of hydrogen-bond donors (Lipinski definition) is 2. The van der Waals surface area contributed by atoms with E-state index in [-0.39, 0.29) is 12.4 Å². The summed E-state index contributed by atoms with van der Waals surface area (Å²) in [4.78, 5) is 13.4. The molecule has 0 saturated heterocycles. The molecule has 2 atom stereocenters. The Balaban J connectivity index is 2.46. The zero-order valence-electron chi connectivity index (χ0n) is 9.39. The predicted octanol–water partition coefficient (Wildman–Crippen LogP) is -0.450. The molecule has 0 aliphatic carbocycles. The number of aromatic nitrogens is 2. The summed E-state index contributed by atoms with van der Waals surface area (Å²) in [5.74, 6) is -0.232. The summed E-state index contributed by atoms with van der Waals surface area (Å²) >= 11 is 0. The van der Waals surface area contributed by atoms with Gasteiger partial charge in [0, 0.05) is 13.7 Å². The maximum atomic E-state index is 10.4. The molecule has 17 heavy (non-hydrogen) atoms. The summed E-state index contributed by atoms with van der Waals surface area (Å²) in [6.45, 7) is 0.0869. The second-order valence-corrected chi connectivity index (χ2v) is 3.54. The average Bonchev–Trinajstić information content (AvgIpc) is 2.76. The van der Waals surface area contributed by atoms with Crippen molar-refractivity contribution in [3.63, 3.8) is 0 Å². The minimum atomic E-state index is -0.827. The number of aliphatic hydroxyl groups excluding tert-OH is 2. The lowest BCUT2D eigenvalue weighted by Crippen LogP contribution is -2.32. The lowest BCUT2D eigenvalue weighted by molar-refractivity contribution is -0.389. The number of rotatable bonds is 7. The molecule has 0 amide bonds. The summed E-state index contributed by atoms with van der Waals surface area (Å²) in [7, 11) is 1.40. The van der Waals surface area contributed by atoms with Gasteiger partial charge in [-0.15, -0.1) is 0 Å². The maximum Gasteiger partial charge on any atom is 0.381 e. The van der Waals surface area contributed by atoms with E-state index in [1.165, 1.54) is 24.2 Å². The number of aliphatic hydroxyl groups is 2. The first kappa shape index (κ1) is 13.6. The normalized spacial score (nSPS) is 14.5. The van der Waals surface area contributed by atoms with Crippen LogP contribution in [0.2, 0.25) is 0 Å². The van der Waals surface area contributed by atoms with Crippen LogP contribution in [0.25, 0.3) is 0 Å². The monoisotopic (exact) mass is 245 g/mol. The van der Waals surface area contributed by atoms with E-state index in [4.69, 9.17) is 9.84 Å². The Morgan fingerprint density at radius 1 is 1.71 bits per heavy atom. The number of imidazole rings is 1. The third-order valence-corrected chi connectivity index (χ3v) is 2.40. The summed E-state index contributed by atoms with van der Waals surface area (Å²) < 4.78 is 6.37. The van der Waals surface area contributed by atoms with Gasteiger partial charge in [0.25, 0.3) is 0 Å². The first-order chi connectivity index (χ1) is 8.08. The standard InChI is InChI=1S/C9H15N3O5/c1-17-8(5-13)7(14)2-3-11-4-9(10-6-11)12(15)16/h4,6-8,13-14H,2-3,5H2,1H3/t7-,8?/m1/s1. The van der Waals surface area contributed by atoms with Gasteiger partial charge >= 0.3 is 5.82 Å². The number of nitro groups is 1. The fourth-order valence-corrected chi connectivity index (χ4v) is 1.39. The Morgan fingerprint density at radius 2 is 2.41 bits per heavy atom. The van der Waals surface area contributed by atoms with E-state index < -0.39 is 17.1 Å². The zero-order valence-corrected chi connectivity index (χ0v) is 9.39. The average molecular weight is 245 g/mol. The molecular formula is C9H15N3O5. The van der Waals surface area contributed by atoms with Crippen LogP contribution in [0.4, 0.5) is 5.82 Å². The minimum Gasteiger partial charge on any atom is -0.394 e. The molecule has 0 bridgehead atoms. The molecule has 0 aliphatic heterocycles. The van der Waals surface area contributed by atoms with E-state index in [0.29, 0.717) is 13.0 Å². The van der Waals surface area contributed by atoms with Crippen molar-refractivity contribution < 1.29 is 19.9 Å². The fourth-order valence-electron chi connectivity index (χ4n) is 1.39. The molecule has 1 aromatic heterocycles. The Morgan fingerprint density at radius 3 is 2.88 bits per heavy atom. The highest BCUT2D eigenvalue weighted by Crippen LogP contribution is 2.09. The Kier molecular flexibility index (Phi) is 5.01. The van der Waals surface area contributed by atoms with Gasteiger partial charge in [0.15, 0.2) is 0 Å². The van der Waals surface area contributed by atoms with Crippen LogP contribution in [0.5, 0.6) is 0 Å². The number of nitrogens with zero attached hydrogens (tertiary/aromatic N) is 3. The molecule has 1 unspecified atom stereocenters. The third-order valence-electron chi connectivity index (χ3n) is 2.40. The number of aryl methyl sites for hydroxylation is 1. The lowest BCUT2D eigenvalue weighted by atomic mass is 10.1. The SMILES string of the molecule is COC(CO)[C@H](O)CCn1cnc([N+](=O)[O-])c1. The van der Waals surface area contributed by atoms with Crippen LogP contribution in [-0.2, 0) is 11.3 Å². The van der Waals surface area contributed by atoms with Gasteiger partial charge in [-0.3, -0.25) is 0 Å². The Labute approximate surface area is 97.6 Å². The van der Waals surface area contributed by atoms with Crippen molar-refractivity contribution in [3.05, 3.63) is 22.6 Å². The molecule has 0 spiro atoms. The molecule has 1 heterocycles. The van der Waals surface area contributed by atoms with Gasteiger partial charge in [0.2, 0.25) is 6.33 Å². The van der Waals surface area contributed by atoms with E-state index in [1.54, 1.807) is 0 Å². The highest BCUT2D eigenvalue weighted by atomic mass is 16.6. The quantitative estimate of drug-likeness (QED) is 0.497. The molecular weight excluding hydrogens is 230 g/mol. The number of ether oxygens (including phenoxy) is 1. The largest absolute Gasteiger partial charge is 0.394 e. The van der Waals surface area contributed by atoms with Gasteiger partial charge in [-0.25, -0.2) is 0 Å². The topological polar surface area (TPSA) is 111 Å². The van der Waals surface area contributed by atoms with Gasteiger partial charge in [-0.05, 0) is 16.3 Å². The van der Waals surface area contributed by atoms with Crippen molar-refractivity contribution in [2.45, 2.75) is 25.2 Å². The molecule has 8 nitrogen and oxygen atoms in total. The van der Waals surface area contributed by atoms with Crippen molar-refractivity contribution in [3.8, 4) is 0 Å². The zero-order chi connectivity index (χ0) is 12.8. The molecule has 0 saturated carbocycles. The van der Waals surface area contributed by atoms with E-state index in [1.807, 2.05) is 0 Å². The van der Waals surface area contributed by atoms with Gasteiger partial charge in [-0.2, -0.15) is 0 Å². The summed E-state index contributed by atoms with van der Waals surface area (Å²) in [5, 5.41) is 28.9. The minimum absolute atomic E-state index is 0.232. The lowest BCUT2D eigenvalue weighted by Gasteiger charge is -2.18. The predicted molar refractivity (Wildman–Crippen MR) is 57.4 cm³/mol. The Bertz CT molecular complexity index is 363. The highest BCUT2D eigenvalue weighted by molar-refractivity contribution is 5.12. The maximum absolute atomic E-state index is 10.4. The molecule has 0 fully saturated rings. The van der Waals surface area contributed by atoms with Crippen LogP contribution < -0.4 is 0 Å². The first-order valence-corrected chi connectivity index (χ1v) is 5.06. The van der Waals surface area contributed by atoms with Crippen molar-refractivity contribution >= 4 is 5.82 Å². The highest BCUT2D eigenvalue weighted by Gasteiger charge is 2.18. The van der Waals surface area contributed by atoms with Gasteiger partial charge in [0.1, 0.15) is 12.3 Å². The van der Waals surface area contributed by atoms with Crippen molar-refractivity contribution in [1.82, 2.24) is 9.55 Å². The van der Waals surface area contributed by atoms with Gasteiger partial charge < -0.3 is 29.6 Å². The molecule has 96 valence electrons. The fraction of sp³-hybridized carbons (Fsp3) is 0.667. The van der Waals surface area contributed by atoms with Crippen LogP contribution in [0.15, 0.2) is 12.5 Å². The number of hydrogen-bond acceptors (Lipinski definition) is 6. The van der Waals surface area contributed by atoms with Crippen LogP contribution in [0.1, 0.15) is 6.42 Å². The van der Waals surface area contributed by atoms with E-state index in [0.717, 1.165) is 0 Å². The summed E-state index contributed by atoms with van der Waals surface area (Å²) in [6.07, 6.45) is 1.45. The molecule has 1 aromatic rings. The molecule has 0 aliphatic rings. The molecule has 0 radical (unpaired) electrons. The second-order valence-electron chi connectivity index (χ2n) is 3.54. The van der Waals surface area contributed by atoms with Crippen LogP contribution >= 0.6 is 0 Å². The summed E-state index contributed by atoms with van der Waals surface area (Å²) in [5.41, 5.74) is 0. The molecule has 1 rings (SSSR count).